The molecule has 1 aliphatic rings. The summed E-state index contributed by atoms with van der Waals surface area (Å²) in [6.45, 7) is 0. The van der Waals surface area contributed by atoms with Crippen molar-refractivity contribution in [1.29, 1.82) is 0 Å². The molecule has 5 nitrogen and oxygen atoms in total. The van der Waals surface area contributed by atoms with Crippen molar-refractivity contribution in [3.63, 3.8) is 0 Å². The fraction of sp³-hybridized carbons (Fsp3) is 0.176. The molecule has 0 aliphatic carbocycles. The van der Waals surface area contributed by atoms with Gasteiger partial charge in [0.1, 0.15) is 12.0 Å². The number of nitrogens with zero attached hydrogens (tertiary/aromatic N) is 1. The fourth-order valence-electron chi connectivity index (χ4n) is 2.93. The summed E-state index contributed by atoms with van der Waals surface area (Å²) in [4.78, 5) is 25.2. The van der Waals surface area contributed by atoms with E-state index in [-0.39, 0.29) is 5.56 Å². The lowest BCUT2D eigenvalue weighted by molar-refractivity contribution is -0.148. The highest BCUT2D eigenvalue weighted by molar-refractivity contribution is 7.98. The van der Waals surface area contributed by atoms with Gasteiger partial charge in [-0.25, -0.2) is 5.06 Å². The Hall–Kier alpha value is -2.31. The number of benzene rings is 2. The Bertz CT molecular complexity index is 759. The summed E-state index contributed by atoms with van der Waals surface area (Å²) in [6, 6.07) is 12.7. The number of thioether (sulfide) groups is 1. The standard InChI is InChI=1S/C17H15NO4S/c1-23-11-8-6-10(7-9-11)15-14(17(20)21)12-4-2-3-5-13(12)16(19)18(15)22/h2-9,14-15,22H,1H3,(H,20,21)/t14-,15+/m0/s1. The van der Waals surface area contributed by atoms with Crippen LogP contribution in [-0.2, 0) is 4.79 Å². The normalized spacial score (nSPS) is 20.3. The molecule has 2 aromatic rings. The summed E-state index contributed by atoms with van der Waals surface area (Å²) in [5.74, 6) is -2.69. The molecule has 0 spiro atoms. The molecule has 1 aliphatic heterocycles. The first-order chi connectivity index (χ1) is 11.0. The number of hydrogen-bond acceptors (Lipinski definition) is 4. The number of rotatable bonds is 3. The summed E-state index contributed by atoms with van der Waals surface area (Å²) in [7, 11) is 0. The van der Waals surface area contributed by atoms with Crippen LogP contribution in [0.5, 0.6) is 0 Å². The highest BCUT2D eigenvalue weighted by Gasteiger charge is 2.44. The van der Waals surface area contributed by atoms with Crippen LogP contribution in [0.2, 0.25) is 0 Å². The Labute approximate surface area is 137 Å². The van der Waals surface area contributed by atoms with Gasteiger partial charge in [-0.2, -0.15) is 0 Å². The first-order valence-electron chi connectivity index (χ1n) is 7.02. The zero-order chi connectivity index (χ0) is 16.6. The van der Waals surface area contributed by atoms with Crippen molar-refractivity contribution in [2.75, 3.05) is 6.26 Å². The number of amides is 1. The zero-order valence-electron chi connectivity index (χ0n) is 12.3. The first kappa shape index (κ1) is 15.6. The van der Waals surface area contributed by atoms with E-state index >= 15 is 0 Å². The number of carbonyl (C=O) groups is 2. The minimum atomic E-state index is -1.08. The summed E-state index contributed by atoms with van der Waals surface area (Å²) in [5.41, 5.74) is 1.23. The molecule has 2 aromatic carbocycles. The smallest absolute Gasteiger partial charge is 0.313 e. The van der Waals surface area contributed by atoms with E-state index in [1.165, 1.54) is 6.07 Å². The van der Waals surface area contributed by atoms with Crippen molar-refractivity contribution in [1.82, 2.24) is 5.06 Å². The van der Waals surface area contributed by atoms with Crippen LogP contribution < -0.4 is 0 Å². The average Bonchev–Trinajstić information content (AvgIpc) is 2.57. The SMILES string of the molecule is CSc1ccc([C@@H]2[C@@H](C(=O)O)c3ccccc3C(=O)N2O)cc1. The van der Waals surface area contributed by atoms with Crippen LogP contribution in [0.4, 0.5) is 0 Å². The quantitative estimate of drug-likeness (QED) is 0.668. The zero-order valence-corrected chi connectivity index (χ0v) is 13.2. The minimum Gasteiger partial charge on any atom is -0.481 e. The van der Waals surface area contributed by atoms with E-state index in [0.29, 0.717) is 16.2 Å². The lowest BCUT2D eigenvalue weighted by Gasteiger charge is -2.36. The van der Waals surface area contributed by atoms with Crippen LogP contribution >= 0.6 is 11.8 Å². The van der Waals surface area contributed by atoms with Crippen LogP contribution in [0.15, 0.2) is 53.4 Å². The Balaban J connectivity index is 2.14. The molecular formula is C17H15NO4S. The van der Waals surface area contributed by atoms with Crippen molar-refractivity contribution in [3.8, 4) is 0 Å². The topological polar surface area (TPSA) is 77.8 Å². The van der Waals surface area contributed by atoms with Crippen LogP contribution in [0.3, 0.4) is 0 Å². The van der Waals surface area contributed by atoms with Gasteiger partial charge in [-0.15, -0.1) is 11.8 Å². The number of carboxylic acid groups (broad SMARTS) is 1. The lowest BCUT2D eigenvalue weighted by atomic mass is 9.81. The third-order valence-electron chi connectivity index (χ3n) is 4.04. The molecule has 118 valence electrons. The van der Waals surface area contributed by atoms with Gasteiger partial charge in [-0.1, -0.05) is 30.3 Å². The van der Waals surface area contributed by atoms with Gasteiger partial charge in [0.15, 0.2) is 0 Å². The van der Waals surface area contributed by atoms with Gasteiger partial charge in [0.2, 0.25) is 0 Å². The van der Waals surface area contributed by atoms with E-state index in [1.807, 2.05) is 18.4 Å². The maximum atomic E-state index is 12.4. The third kappa shape index (κ3) is 2.60. The van der Waals surface area contributed by atoms with Crippen molar-refractivity contribution in [3.05, 3.63) is 65.2 Å². The van der Waals surface area contributed by atoms with Gasteiger partial charge in [0.25, 0.3) is 5.91 Å². The predicted octanol–water partition coefficient (Wildman–Crippen LogP) is 3.16. The number of carbonyl (C=O) groups excluding carboxylic acids is 1. The summed E-state index contributed by atoms with van der Waals surface area (Å²) in [5, 5.41) is 20.5. The molecule has 0 unspecified atom stereocenters. The summed E-state index contributed by atoms with van der Waals surface area (Å²) >= 11 is 1.56. The Kier molecular flexibility index (Phi) is 4.11. The lowest BCUT2D eigenvalue weighted by Crippen LogP contribution is -2.42. The van der Waals surface area contributed by atoms with Gasteiger partial charge in [0.05, 0.1) is 0 Å². The molecule has 0 bridgehead atoms. The second-order valence-corrected chi connectivity index (χ2v) is 6.15. The Morgan fingerprint density at radius 1 is 1.13 bits per heavy atom. The van der Waals surface area contributed by atoms with E-state index < -0.39 is 23.8 Å². The molecule has 0 fully saturated rings. The van der Waals surface area contributed by atoms with Gasteiger partial charge in [0, 0.05) is 10.5 Å². The molecule has 0 saturated heterocycles. The number of fused-ring (bicyclic) bond motifs is 1. The number of carboxylic acids is 1. The molecular weight excluding hydrogens is 314 g/mol. The highest BCUT2D eigenvalue weighted by Crippen LogP contribution is 2.42. The first-order valence-corrected chi connectivity index (χ1v) is 8.25. The molecule has 3 rings (SSSR count). The maximum Gasteiger partial charge on any atom is 0.313 e. The number of hydrogen-bond donors (Lipinski definition) is 2. The molecule has 23 heavy (non-hydrogen) atoms. The van der Waals surface area contributed by atoms with Gasteiger partial charge in [-0.05, 0) is 35.6 Å². The monoisotopic (exact) mass is 329 g/mol. The second kappa shape index (κ2) is 6.06. The van der Waals surface area contributed by atoms with Crippen molar-refractivity contribution in [2.45, 2.75) is 16.9 Å². The molecule has 2 atom stereocenters. The molecule has 0 aromatic heterocycles. The molecule has 1 amide bonds. The Morgan fingerprint density at radius 3 is 2.39 bits per heavy atom. The van der Waals surface area contributed by atoms with E-state index in [4.69, 9.17) is 0 Å². The highest BCUT2D eigenvalue weighted by atomic mass is 32.2. The van der Waals surface area contributed by atoms with E-state index in [1.54, 1.807) is 42.1 Å². The third-order valence-corrected chi connectivity index (χ3v) is 4.78. The average molecular weight is 329 g/mol. The van der Waals surface area contributed by atoms with Crippen molar-refractivity contribution < 1.29 is 19.9 Å². The van der Waals surface area contributed by atoms with Crippen LogP contribution in [0.25, 0.3) is 0 Å². The Morgan fingerprint density at radius 2 is 1.78 bits per heavy atom. The molecule has 2 N–H and O–H groups in total. The molecule has 0 radical (unpaired) electrons. The second-order valence-electron chi connectivity index (χ2n) is 5.27. The molecule has 0 saturated carbocycles. The van der Waals surface area contributed by atoms with Crippen LogP contribution in [0.1, 0.15) is 33.4 Å². The van der Waals surface area contributed by atoms with E-state index in [2.05, 4.69) is 0 Å². The summed E-state index contributed by atoms with van der Waals surface area (Å²) in [6.07, 6.45) is 1.94. The minimum absolute atomic E-state index is 0.222. The van der Waals surface area contributed by atoms with Crippen molar-refractivity contribution >= 4 is 23.6 Å². The van der Waals surface area contributed by atoms with E-state index in [0.717, 1.165) is 4.90 Å². The van der Waals surface area contributed by atoms with Crippen LogP contribution in [-0.4, -0.2) is 33.5 Å². The number of aliphatic carboxylic acids is 1. The molecule has 1 heterocycles. The predicted molar refractivity (Wildman–Crippen MR) is 85.7 cm³/mol. The van der Waals surface area contributed by atoms with Gasteiger partial charge in [-0.3, -0.25) is 14.8 Å². The number of hydroxylamine groups is 2. The largest absolute Gasteiger partial charge is 0.481 e. The van der Waals surface area contributed by atoms with E-state index in [9.17, 15) is 19.9 Å². The summed E-state index contributed by atoms with van der Waals surface area (Å²) < 4.78 is 0. The van der Waals surface area contributed by atoms with Gasteiger partial charge < -0.3 is 5.11 Å². The van der Waals surface area contributed by atoms with Crippen molar-refractivity contribution in [2.24, 2.45) is 0 Å². The van der Waals surface area contributed by atoms with Crippen LogP contribution in [0, 0.1) is 0 Å². The van der Waals surface area contributed by atoms with Gasteiger partial charge >= 0.3 is 5.97 Å². The maximum absolute atomic E-state index is 12.4. The molecule has 6 heteroatoms. The fourth-order valence-corrected chi connectivity index (χ4v) is 3.34.